The molecule has 1 heterocycles. The van der Waals surface area contributed by atoms with Gasteiger partial charge in [0.15, 0.2) is 10.9 Å². The first-order valence-electron chi connectivity index (χ1n) is 7.35. The van der Waals surface area contributed by atoms with E-state index in [0.717, 1.165) is 48.6 Å². The van der Waals surface area contributed by atoms with Crippen LogP contribution in [0.3, 0.4) is 0 Å². The first kappa shape index (κ1) is 16.5. The Kier molecular flexibility index (Phi) is 6.36. The number of thiocarbonyl (C=S) groups is 1. The highest BCUT2D eigenvalue weighted by atomic mass is 32.1. The number of ether oxygens (including phenoxy) is 1. The molecule has 0 fully saturated rings. The van der Waals surface area contributed by atoms with Crippen molar-refractivity contribution in [2.45, 2.75) is 20.3 Å². The van der Waals surface area contributed by atoms with Crippen molar-refractivity contribution in [2.24, 2.45) is 5.10 Å². The molecule has 0 aliphatic carbocycles. The zero-order chi connectivity index (χ0) is 15.8. The summed E-state index contributed by atoms with van der Waals surface area (Å²) in [5.41, 5.74) is 4.42. The van der Waals surface area contributed by atoms with Gasteiger partial charge in [0.2, 0.25) is 0 Å². The topological polar surface area (TPSA) is 58.8 Å². The summed E-state index contributed by atoms with van der Waals surface area (Å²) < 4.78 is 11.0. The van der Waals surface area contributed by atoms with Crippen LogP contribution in [-0.2, 0) is 4.74 Å². The van der Waals surface area contributed by atoms with Crippen molar-refractivity contribution < 1.29 is 9.15 Å². The lowest BCUT2D eigenvalue weighted by Gasteiger charge is -2.07. The predicted octanol–water partition coefficient (Wildman–Crippen LogP) is 3.05. The largest absolute Gasteiger partial charge is 0.455 e. The maximum atomic E-state index is 5.74. The van der Waals surface area contributed by atoms with E-state index in [1.807, 2.05) is 44.2 Å². The van der Waals surface area contributed by atoms with Crippen LogP contribution in [0.2, 0.25) is 0 Å². The van der Waals surface area contributed by atoms with Crippen LogP contribution >= 0.6 is 12.2 Å². The Morgan fingerprint density at radius 3 is 2.95 bits per heavy atom. The average Bonchev–Trinajstić information content (AvgIpc) is 2.96. The summed E-state index contributed by atoms with van der Waals surface area (Å²) in [5, 5.41) is 8.87. The van der Waals surface area contributed by atoms with Gasteiger partial charge in [-0.15, -0.1) is 0 Å². The number of nitrogens with one attached hydrogen (secondary N) is 2. The molecule has 0 bridgehead atoms. The van der Waals surface area contributed by atoms with Crippen LogP contribution in [0.5, 0.6) is 0 Å². The molecule has 0 spiro atoms. The van der Waals surface area contributed by atoms with E-state index in [2.05, 4.69) is 15.8 Å². The van der Waals surface area contributed by atoms with Crippen LogP contribution in [0.25, 0.3) is 11.0 Å². The summed E-state index contributed by atoms with van der Waals surface area (Å²) in [6.07, 6.45) is 0.905. The Morgan fingerprint density at radius 1 is 1.36 bits per heavy atom. The van der Waals surface area contributed by atoms with Gasteiger partial charge in [0.1, 0.15) is 11.3 Å². The molecular weight excluding hydrogens is 298 g/mol. The lowest BCUT2D eigenvalue weighted by Crippen LogP contribution is -2.33. The number of hydrogen-bond acceptors (Lipinski definition) is 4. The molecule has 0 atom stereocenters. The van der Waals surface area contributed by atoms with E-state index < -0.39 is 0 Å². The molecule has 0 saturated carbocycles. The van der Waals surface area contributed by atoms with Gasteiger partial charge >= 0.3 is 0 Å². The summed E-state index contributed by atoms with van der Waals surface area (Å²) >= 11 is 5.16. The van der Waals surface area contributed by atoms with Crippen molar-refractivity contribution in [3.8, 4) is 0 Å². The van der Waals surface area contributed by atoms with E-state index in [1.165, 1.54) is 0 Å². The van der Waals surface area contributed by atoms with Gasteiger partial charge in [0, 0.05) is 25.1 Å². The van der Waals surface area contributed by atoms with Gasteiger partial charge in [-0.2, -0.15) is 5.10 Å². The van der Waals surface area contributed by atoms with Crippen molar-refractivity contribution in [2.75, 3.05) is 19.8 Å². The minimum absolute atomic E-state index is 0.493. The van der Waals surface area contributed by atoms with Gasteiger partial charge < -0.3 is 14.5 Å². The van der Waals surface area contributed by atoms with Crippen molar-refractivity contribution in [1.29, 1.82) is 0 Å². The van der Waals surface area contributed by atoms with E-state index in [-0.39, 0.29) is 0 Å². The third kappa shape index (κ3) is 4.82. The number of nitrogens with zero attached hydrogens (tertiary/aromatic N) is 1. The van der Waals surface area contributed by atoms with Gasteiger partial charge in [-0.1, -0.05) is 18.2 Å². The fraction of sp³-hybridized carbons (Fsp3) is 0.375. The van der Waals surface area contributed by atoms with E-state index >= 15 is 0 Å². The van der Waals surface area contributed by atoms with E-state index in [9.17, 15) is 0 Å². The normalized spacial score (nSPS) is 11.6. The first-order chi connectivity index (χ1) is 10.7. The Morgan fingerprint density at radius 2 is 2.18 bits per heavy atom. The summed E-state index contributed by atoms with van der Waals surface area (Å²) in [5.74, 6) is 0.729. The van der Waals surface area contributed by atoms with E-state index in [1.54, 1.807) is 0 Å². The van der Waals surface area contributed by atoms with Gasteiger partial charge in [0.05, 0.1) is 0 Å². The minimum Gasteiger partial charge on any atom is -0.455 e. The number of hydrogen-bond donors (Lipinski definition) is 2. The average molecular weight is 319 g/mol. The number of rotatable bonds is 7. The van der Waals surface area contributed by atoms with E-state index in [0.29, 0.717) is 5.11 Å². The number of furan rings is 1. The van der Waals surface area contributed by atoms with Crippen LogP contribution in [0, 0.1) is 0 Å². The van der Waals surface area contributed by atoms with Crippen LogP contribution in [-0.4, -0.2) is 30.6 Å². The van der Waals surface area contributed by atoms with Crippen LogP contribution < -0.4 is 10.7 Å². The SMILES string of the molecule is CCOCCCNC(=S)N/N=C(/C)c1cc2ccccc2o1. The molecule has 0 amide bonds. The zero-order valence-electron chi connectivity index (χ0n) is 12.9. The van der Waals surface area contributed by atoms with Gasteiger partial charge in [-0.3, -0.25) is 5.43 Å². The maximum Gasteiger partial charge on any atom is 0.186 e. The third-order valence-electron chi connectivity index (χ3n) is 3.06. The number of para-hydroxylation sites is 1. The maximum absolute atomic E-state index is 5.74. The second-order valence-corrected chi connectivity index (χ2v) is 5.17. The minimum atomic E-state index is 0.493. The smallest absolute Gasteiger partial charge is 0.186 e. The standard InChI is InChI=1S/C16H21N3O2S/c1-3-20-10-6-9-17-16(22)19-18-12(2)15-11-13-7-4-5-8-14(13)21-15/h4-5,7-8,11H,3,6,9-10H2,1-2H3,(H2,17,19,22)/b18-12-. The highest BCUT2D eigenvalue weighted by molar-refractivity contribution is 7.80. The van der Waals surface area contributed by atoms with Gasteiger partial charge in [0.25, 0.3) is 0 Å². The van der Waals surface area contributed by atoms with Gasteiger partial charge in [-0.25, -0.2) is 0 Å². The summed E-state index contributed by atoms with van der Waals surface area (Å²) in [6.45, 7) is 6.08. The van der Waals surface area contributed by atoms with Gasteiger partial charge in [-0.05, 0) is 44.6 Å². The molecule has 118 valence electrons. The molecule has 0 aliphatic heterocycles. The van der Waals surface area contributed by atoms with Crippen LogP contribution in [0.1, 0.15) is 26.0 Å². The lowest BCUT2D eigenvalue weighted by molar-refractivity contribution is 0.145. The molecule has 2 aromatic rings. The molecule has 0 aliphatic rings. The van der Waals surface area contributed by atoms with E-state index in [4.69, 9.17) is 21.4 Å². The summed E-state index contributed by atoms with van der Waals surface area (Å²) in [7, 11) is 0. The second kappa shape index (κ2) is 8.51. The molecule has 2 N–H and O–H groups in total. The molecular formula is C16H21N3O2S. The number of fused-ring (bicyclic) bond motifs is 1. The third-order valence-corrected chi connectivity index (χ3v) is 3.30. The highest BCUT2D eigenvalue weighted by Gasteiger charge is 2.06. The van der Waals surface area contributed by atoms with Crippen molar-refractivity contribution in [3.63, 3.8) is 0 Å². The van der Waals surface area contributed by atoms with Crippen molar-refractivity contribution in [1.82, 2.24) is 10.7 Å². The van der Waals surface area contributed by atoms with Crippen LogP contribution in [0.4, 0.5) is 0 Å². The highest BCUT2D eigenvalue weighted by Crippen LogP contribution is 2.19. The Bertz CT molecular complexity index is 619. The Labute approximate surface area is 135 Å². The molecule has 1 aromatic carbocycles. The fourth-order valence-electron chi connectivity index (χ4n) is 1.91. The monoisotopic (exact) mass is 319 g/mol. The van der Waals surface area contributed by atoms with Crippen LogP contribution in [0.15, 0.2) is 39.9 Å². The second-order valence-electron chi connectivity index (χ2n) is 4.76. The predicted molar refractivity (Wildman–Crippen MR) is 93.3 cm³/mol. The molecule has 6 heteroatoms. The molecule has 0 radical (unpaired) electrons. The summed E-state index contributed by atoms with van der Waals surface area (Å²) in [4.78, 5) is 0. The molecule has 1 aromatic heterocycles. The molecule has 22 heavy (non-hydrogen) atoms. The Balaban J connectivity index is 1.82. The lowest BCUT2D eigenvalue weighted by atomic mass is 10.2. The Hall–Kier alpha value is -1.92. The molecule has 5 nitrogen and oxygen atoms in total. The molecule has 0 saturated heterocycles. The molecule has 0 unspecified atom stereocenters. The zero-order valence-corrected chi connectivity index (χ0v) is 13.7. The van der Waals surface area contributed by atoms with Crippen molar-refractivity contribution >= 4 is 34.0 Å². The van der Waals surface area contributed by atoms with Crippen molar-refractivity contribution in [3.05, 3.63) is 36.1 Å². The summed E-state index contributed by atoms with van der Waals surface area (Å²) in [6, 6.07) is 9.83. The first-order valence-corrected chi connectivity index (χ1v) is 7.76. The fourth-order valence-corrected chi connectivity index (χ4v) is 2.06. The number of benzene rings is 1. The quantitative estimate of drug-likeness (QED) is 0.355. The molecule has 2 rings (SSSR count). The number of hydrazone groups is 1.